The van der Waals surface area contributed by atoms with E-state index in [1.165, 1.54) is 131 Å². The van der Waals surface area contributed by atoms with Gasteiger partial charge in [-0.05, 0) is 285 Å². The zero-order chi connectivity index (χ0) is 76.2. The average Bonchev–Trinajstić information content (AvgIpc) is 1.72. The van der Waals surface area contributed by atoms with Crippen molar-refractivity contribution in [2.45, 2.75) is 19.3 Å². The van der Waals surface area contributed by atoms with Gasteiger partial charge in [0.1, 0.15) is 0 Å². The molecule has 0 fully saturated rings. The van der Waals surface area contributed by atoms with Gasteiger partial charge >= 0.3 is 0 Å². The average molecular weight is 1460 g/mol. The lowest BCUT2D eigenvalue weighted by atomic mass is 9.82. The summed E-state index contributed by atoms with van der Waals surface area (Å²) in [6, 6.07) is 159. The van der Waals surface area contributed by atoms with Crippen molar-refractivity contribution in [3.05, 3.63) is 436 Å². The molecular formula is C113H76N2. The molecule has 0 aliphatic heterocycles. The quantitative estimate of drug-likeness (QED) is 0.112. The first-order valence-electron chi connectivity index (χ1n) is 40.0. The SMILES string of the molecule is CC1(C)c2ccccc2-c2ccc(N(c3ccc(-c4ccccc4)cc3)c3ccc(-c4ccc5c(c4)c4cc(-c6cc(-c7cc(-c8cccc9ccccc89)cc(-c8cccc9ccccc89)c7)cc(-c7ccc(-c8cccc9ccccc89)c8c(-c9cccc%10ccccc9%10)cccc78)c6)ccc4n5-c4ccccc4)cc3)cc21. The van der Waals surface area contributed by atoms with Crippen LogP contribution in [0.2, 0.25) is 0 Å². The van der Waals surface area contributed by atoms with Gasteiger partial charge in [0, 0.05) is 38.9 Å². The molecule has 0 atom stereocenters. The molecule has 0 bridgehead atoms. The van der Waals surface area contributed by atoms with Crippen LogP contribution in [0.1, 0.15) is 25.0 Å². The number of benzene rings is 20. The maximum atomic E-state index is 2.47. The van der Waals surface area contributed by atoms with Crippen LogP contribution in [0.3, 0.4) is 0 Å². The van der Waals surface area contributed by atoms with E-state index in [-0.39, 0.29) is 5.41 Å². The second kappa shape index (κ2) is 27.4. The van der Waals surface area contributed by atoms with Crippen LogP contribution < -0.4 is 4.90 Å². The molecule has 0 saturated heterocycles. The summed E-state index contributed by atoms with van der Waals surface area (Å²) >= 11 is 0. The van der Waals surface area contributed by atoms with Gasteiger partial charge in [-0.1, -0.05) is 329 Å². The van der Waals surface area contributed by atoms with E-state index in [1.807, 2.05) is 0 Å². The Morgan fingerprint density at radius 3 is 1.07 bits per heavy atom. The van der Waals surface area contributed by atoms with Crippen molar-refractivity contribution in [2.24, 2.45) is 0 Å². The summed E-state index contributed by atoms with van der Waals surface area (Å²) in [4.78, 5) is 2.43. The molecular weight excluding hydrogens is 1390 g/mol. The first kappa shape index (κ1) is 67.2. The molecule has 115 heavy (non-hydrogen) atoms. The first-order valence-corrected chi connectivity index (χ1v) is 40.0. The molecule has 1 aliphatic rings. The molecule has 0 amide bonds. The fourth-order valence-electron chi connectivity index (χ4n) is 19.0. The van der Waals surface area contributed by atoms with Crippen LogP contribution >= 0.6 is 0 Å². The molecule has 0 saturated carbocycles. The minimum atomic E-state index is -0.161. The maximum absolute atomic E-state index is 2.47. The Balaban J connectivity index is 0.744. The van der Waals surface area contributed by atoms with Gasteiger partial charge in [-0.3, -0.25) is 0 Å². The highest BCUT2D eigenvalue weighted by molar-refractivity contribution is 6.18. The minimum absolute atomic E-state index is 0.161. The molecule has 2 heteroatoms. The van der Waals surface area contributed by atoms with Crippen LogP contribution in [0.5, 0.6) is 0 Å². The summed E-state index contributed by atoms with van der Waals surface area (Å²) < 4.78 is 2.45. The first-order chi connectivity index (χ1) is 56.8. The topological polar surface area (TPSA) is 8.17 Å². The number of para-hydroxylation sites is 1. The lowest BCUT2D eigenvalue weighted by Gasteiger charge is -2.28. The Morgan fingerprint density at radius 2 is 0.522 bits per heavy atom. The van der Waals surface area contributed by atoms with Gasteiger partial charge in [0.25, 0.3) is 0 Å². The van der Waals surface area contributed by atoms with E-state index in [2.05, 4.69) is 448 Å². The predicted molar refractivity (Wildman–Crippen MR) is 489 cm³/mol. The zero-order valence-corrected chi connectivity index (χ0v) is 63.8. The zero-order valence-electron chi connectivity index (χ0n) is 63.8. The minimum Gasteiger partial charge on any atom is -0.310 e. The maximum Gasteiger partial charge on any atom is 0.0541 e. The van der Waals surface area contributed by atoms with Crippen molar-refractivity contribution in [2.75, 3.05) is 4.90 Å². The molecule has 2 nitrogen and oxygen atoms in total. The van der Waals surface area contributed by atoms with Crippen LogP contribution in [0.25, 0.3) is 193 Å². The Kier molecular flexibility index (Phi) is 16.0. The highest BCUT2D eigenvalue weighted by Gasteiger charge is 2.36. The monoisotopic (exact) mass is 1460 g/mol. The van der Waals surface area contributed by atoms with E-state index in [4.69, 9.17) is 0 Å². The van der Waals surface area contributed by atoms with Gasteiger partial charge in [0.15, 0.2) is 0 Å². The number of rotatable bonds is 13. The molecule has 1 aliphatic carbocycles. The summed E-state index contributed by atoms with van der Waals surface area (Å²) in [6.45, 7) is 4.73. The third-order valence-electron chi connectivity index (χ3n) is 24.5. The standard InChI is InChI=1S/C113H76N2/c1-113(2)108-47-18-17-40-101(108)102-59-58-91(72-109(102)113)114(89-54-48-74(49-55-89)73-24-5-3-6-25-73)90-56-50-75(51-57-90)80-52-62-110-106(70-80)107-71-81(53-63-111(107)115(110)88-34-7-4-8-35-88)82-64-83(84-67-86(96-41-19-30-76-26-9-13-36-92(76)96)69-87(68-84)97-42-20-31-77-27-10-14-37-93(77)97)66-85(65-82)98-60-61-105(100-44-22-33-79-29-12-16-39-95(79)100)112-103(98)45-23-46-104(112)99-43-21-32-78-28-11-15-38-94(78)99/h3-72H,1-2H3. The molecule has 1 heterocycles. The molecule has 538 valence electrons. The summed E-state index contributed by atoms with van der Waals surface area (Å²) in [7, 11) is 0. The van der Waals surface area contributed by atoms with Crippen molar-refractivity contribution >= 4 is 92.7 Å². The van der Waals surface area contributed by atoms with E-state index in [0.717, 1.165) is 89.4 Å². The van der Waals surface area contributed by atoms with Gasteiger partial charge in [-0.15, -0.1) is 0 Å². The van der Waals surface area contributed by atoms with E-state index < -0.39 is 0 Å². The Bertz CT molecular complexity index is 7260. The molecule has 0 N–H and O–H groups in total. The number of aromatic nitrogens is 1. The Morgan fingerprint density at radius 1 is 0.191 bits per heavy atom. The third kappa shape index (κ3) is 11.5. The highest BCUT2D eigenvalue weighted by Crippen LogP contribution is 2.53. The summed E-state index contributed by atoms with van der Waals surface area (Å²) in [5.41, 5.74) is 32.9. The van der Waals surface area contributed by atoms with Crippen molar-refractivity contribution in [1.29, 1.82) is 0 Å². The van der Waals surface area contributed by atoms with E-state index in [0.29, 0.717) is 0 Å². The van der Waals surface area contributed by atoms with Gasteiger partial charge in [-0.2, -0.15) is 0 Å². The van der Waals surface area contributed by atoms with Gasteiger partial charge in [0.2, 0.25) is 0 Å². The number of anilines is 3. The molecule has 22 rings (SSSR count). The van der Waals surface area contributed by atoms with E-state index >= 15 is 0 Å². The molecule has 21 aromatic rings. The third-order valence-corrected chi connectivity index (χ3v) is 24.5. The number of hydrogen-bond donors (Lipinski definition) is 0. The second-order valence-electron chi connectivity index (χ2n) is 31.4. The summed E-state index contributed by atoms with van der Waals surface area (Å²) in [5.74, 6) is 0. The van der Waals surface area contributed by atoms with Crippen LogP contribution in [-0.4, -0.2) is 4.57 Å². The smallest absolute Gasteiger partial charge is 0.0541 e. The normalized spacial score (nSPS) is 12.3. The van der Waals surface area contributed by atoms with E-state index in [9.17, 15) is 0 Å². The van der Waals surface area contributed by atoms with Crippen LogP contribution in [0.4, 0.5) is 17.1 Å². The molecule has 0 spiro atoms. The van der Waals surface area contributed by atoms with Gasteiger partial charge in [0.05, 0.1) is 11.0 Å². The van der Waals surface area contributed by atoms with Crippen molar-refractivity contribution in [3.8, 4) is 117 Å². The van der Waals surface area contributed by atoms with Crippen molar-refractivity contribution < 1.29 is 0 Å². The lowest BCUT2D eigenvalue weighted by molar-refractivity contribution is 0.660. The highest BCUT2D eigenvalue weighted by atomic mass is 15.1. The Hall–Kier alpha value is -14.7. The number of fused-ring (bicyclic) bond motifs is 11. The number of nitrogens with zero attached hydrogens (tertiary/aromatic N) is 2. The van der Waals surface area contributed by atoms with Crippen molar-refractivity contribution in [3.63, 3.8) is 0 Å². The lowest BCUT2D eigenvalue weighted by Crippen LogP contribution is -2.16. The molecule has 0 radical (unpaired) electrons. The molecule has 1 aromatic heterocycles. The fraction of sp³-hybridized carbons (Fsp3) is 0.0265. The van der Waals surface area contributed by atoms with E-state index in [1.54, 1.807) is 0 Å². The van der Waals surface area contributed by atoms with Crippen LogP contribution in [0, 0.1) is 0 Å². The van der Waals surface area contributed by atoms with Gasteiger partial charge < -0.3 is 9.47 Å². The van der Waals surface area contributed by atoms with Crippen molar-refractivity contribution in [1.82, 2.24) is 4.57 Å². The summed E-state index contributed by atoms with van der Waals surface area (Å²) in [5, 5.41) is 14.5. The second-order valence-corrected chi connectivity index (χ2v) is 31.4. The molecule has 20 aromatic carbocycles. The van der Waals surface area contributed by atoms with Crippen LogP contribution in [-0.2, 0) is 5.41 Å². The van der Waals surface area contributed by atoms with Crippen LogP contribution in [0.15, 0.2) is 425 Å². The largest absolute Gasteiger partial charge is 0.310 e. The Labute approximate surface area is 669 Å². The molecule has 0 unspecified atom stereocenters. The number of hydrogen-bond acceptors (Lipinski definition) is 1. The van der Waals surface area contributed by atoms with Gasteiger partial charge in [-0.25, -0.2) is 0 Å². The fourth-order valence-corrected chi connectivity index (χ4v) is 19.0. The summed E-state index contributed by atoms with van der Waals surface area (Å²) in [6.07, 6.45) is 0. The predicted octanol–water partition coefficient (Wildman–Crippen LogP) is 31.3.